The standard InChI is InChI=1S/C18H26N4S/c1-15-14-23-17(21-15)11-7-8-12-20-18(19-2)22(3)13-16-9-5-4-6-10-16/h4-6,9-10,14H,7-8,11-13H2,1-3H3,(H,19,20). The summed E-state index contributed by atoms with van der Waals surface area (Å²) in [5.74, 6) is 0.943. The number of nitrogens with zero attached hydrogens (tertiary/aromatic N) is 3. The molecular formula is C18H26N4S. The van der Waals surface area contributed by atoms with E-state index in [-0.39, 0.29) is 0 Å². The van der Waals surface area contributed by atoms with Crippen LogP contribution in [0.4, 0.5) is 0 Å². The van der Waals surface area contributed by atoms with Gasteiger partial charge in [0.25, 0.3) is 0 Å². The van der Waals surface area contributed by atoms with Crippen LogP contribution in [0.3, 0.4) is 0 Å². The van der Waals surface area contributed by atoms with Crippen molar-refractivity contribution in [1.82, 2.24) is 15.2 Å². The molecule has 1 aromatic carbocycles. The summed E-state index contributed by atoms with van der Waals surface area (Å²) < 4.78 is 0. The van der Waals surface area contributed by atoms with Crippen LogP contribution in [0.1, 0.15) is 29.1 Å². The molecule has 0 atom stereocenters. The number of aryl methyl sites for hydroxylation is 2. The SMILES string of the molecule is CN=C(NCCCCc1nc(C)cs1)N(C)Cc1ccccc1. The van der Waals surface area contributed by atoms with Crippen molar-refractivity contribution in [1.29, 1.82) is 0 Å². The molecule has 0 bridgehead atoms. The largest absolute Gasteiger partial charge is 0.356 e. The average molecular weight is 331 g/mol. The van der Waals surface area contributed by atoms with E-state index in [0.29, 0.717) is 0 Å². The third kappa shape index (κ3) is 6.02. The Bertz CT molecular complexity index is 606. The summed E-state index contributed by atoms with van der Waals surface area (Å²) in [7, 11) is 3.91. The van der Waals surface area contributed by atoms with Gasteiger partial charge in [-0.3, -0.25) is 4.99 Å². The highest BCUT2D eigenvalue weighted by Gasteiger charge is 2.06. The Labute approximate surface area is 143 Å². The second-order valence-electron chi connectivity index (χ2n) is 5.66. The van der Waals surface area contributed by atoms with Gasteiger partial charge in [0.2, 0.25) is 0 Å². The molecule has 0 fully saturated rings. The van der Waals surface area contributed by atoms with Gasteiger partial charge in [0.15, 0.2) is 5.96 Å². The zero-order valence-electron chi connectivity index (χ0n) is 14.2. The van der Waals surface area contributed by atoms with Crippen LogP contribution in [0.25, 0.3) is 0 Å². The molecule has 0 amide bonds. The van der Waals surface area contributed by atoms with Gasteiger partial charge in [-0.1, -0.05) is 30.3 Å². The fourth-order valence-electron chi connectivity index (χ4n) is 2.44. The molecule has 0 radical (unpaired) electrons. The van der Waals surface area contributed by atoms with Gasteiger partial charge < -0.3 is 10.2 Å². The highest BCUT2D eigenvalue weighted by molar-refractivity contribution is 7.09. The maximum atomic E-state index is 4.50. The van der Waals surface area contributed by atoms with E-state index in [9.17, 15) is 0 Å². The van der Waals surface area contributed by atoms with Crippen LogP contribution in [0, 0.1) is 6.92 Å². The molecule has 1 aromatic heterocycles. The average Bonchev–Trinajstić information content (AvgIpc) is 2.97. The second-order valence-corrected chi connectivity index (χ2v) is 6.60. The molecule has 0 unspecified atom stereocenters. The molecule has 124 valence electrons. The van der Waals surface area contributed by atoms with Crippen molar-refractivity contribution < 1.29 is 0 Å². The smallest absolute Gasteiger partial charge is 0.193 e. The van der Waals surface area contributed by atoms with Crippen LogP contribution in [-0.2, 0) is 13.0 Å². The lowest BCUT2D eigenvalue weighted by atomic mass is 10.2. The lowest BCUT2D eigenvalue weighted by molar-refractivity contribution is 0.475. The number of thiazole rings is 1. The van der Waals surface area contributed by atoms with Gasteiger partial charge >= 0.3 is 0 Å². The predicted molar refractivity (Wildman–Crippen MR) is 99.1 cm³/mol. The minimum atomic E-state index is 0.860. The highest BCUT2D eigenvalue weighted by atomic mass is 32.1. The fraction of sp³-hybridized carbons (Fsp3) is 0.444. The molecule has 23 heavy (non-hydrogen) atoms. The van der Waals surface area contributed by atoms with Gasteiger partial charge in [-0.15, -0.1) is 11.3 Å². The number of hydrogen-bond donors (Lipinski definition) is 1. The van der Waals surface area contributed by atoms with Gasteiger partial charge in [0.05, 0.1) is 5.01 Å². The highest BCUT2D eigenvalue weighted by Crippen LogP contribution is 2.11. The molecule has 1 heterocycles. The first-order valence-electron chi connectivity index (χ1n) is 8.05. The second kappa shape index (κ2) is 9.30. The molecule has 0 aliphatic carbocycles. The zero-order chi connectivity index (χ0) is 16.5. The molecule has 0 aliphatic heterocycles. The number of nitrogens with one attached hydrogen (secondary N) is 1. The molecule has 2 aromatic rings. The Morgan fingerprint density at radius 1 is 1.26 bits per heavy atom. The number of aliphatic imine (C=N–C) groups is 1. The van der Waals surface area contributed by atoms with Gasteiger partial charge in [-0.2, -0.15) is 0 Å². The first-order chi connectivity index (χ1) is 11.2. The summed E-state index contributed by atoms with van der Waals surface area (Å²) in [6.07, 6.45) is 3.34. The third-order valence-electron chi connectivity index (χ3n) is 3.60. The summed E-state index contributed by atoms with van der Waals surface area (Å²) in [4.78, 5) is 11.0. The predicted octanol–water partition coefficient (Wildman–Crippen LogP) is 3.48. The molecule has 2 rings (SSSR count). The van der Waals surface area contributed by atoms with E-state index >= 15 is 0 Å². The normalized spacial score (nSPS) is 11.5. The molecule has 0 aliphatic rings. The maximum absolute atomic E-state index is 4.50. The van der Waals surface area contributed by atoms with Gasteiger partial charge in [-0.25, -0.2) is 4.98 Å². The first-order valence-corrected chi connectivity index (χ1v) is 8.93. The maximum Gasteiger partial charge on any atom is 0.193 e. The number of aromatic nitrogens is 1. The van der Waals surface area contributed by atoms with Crippen LogP contribution in [0.2, 0.25) is 0 Å². The summed E-state index contributed by atoms with van der Waals surface area (Å²) in [6, 6.07) is 10.5. The monoisotopic (exact) mass is 330 g/mol. The van der Waals surface area contributed by atoms with Crippen LogP contribution in [-0.4, -0.2) is 36.5 Å². The number of hydrogen-bond acceptors (Lipinski definition) is 3. The molecule has 5 heteroatoms. The summed E-state index contributed by atoms with van der Waals surface area (Å²) in [5, 5.41) is 6.80. The minimum absolute atomic E-state index is 0.860. The van der Waals surface area contributed by atoms with Gasteiger partial charge in [-0.05, 0) is 31.7 Å². The van der Waals surface area contributed by atoms with E-state index in [1.165, 1.54) is 10.6 Å². The van der Waals surface area contributed by atoms with Crippen molar-refractivity contribution >= 4 is 17.3 Å². The van der Waals surface area contributed by atoms with E-state index in [4.69, 9.17) is 0 Å². The Morgan fingerprint density at radius 3 is 2.70 bits per heavy atom. The van der Waals surface area contributed by atoms with Crippen LogP contribution in [0.15, 0.2) is 40.7 Å². The number of unbranched alkanes of at least 4 members (excludes halogenated alkanes) is 1. The summed E-state index contributed by atoms with van der Waals surface area (Å²) in [5.41, 5.74) is 2.42. The zero-order valence-corrected chi connectivity index (χ0v) is 15.1. The minimum Gasteiger partial charge on any atom is -0.356 e. The molecular weight excluding hydrogens is 304 g/mol. The van der Waals surface area contributed by atoms with Crippen molar-refractivity contribution in [3.8, 4) is 0 Å². The van der Waals surface area contributed by atoms with Crippen molar-refractivity contribution in [2.45, 2.75) is 32.7 Å². The number of benzene rings is 1. The lowest BCUT2D eigenvalue weighted by Gasteiger charge is -2.22. The van der Waals surface area contributed by atoms with E-state index in [1.807, 2.05) is 20.0 Å². The third-order valence-corrected chi connectivity index (χ3v) is 4.63. The topological polar surface area (TPSA) is 40.5 Å². The molecule has 0 saturated carbocycles. The van der Waals surface area contributed by atoms with E-state index in [1.54, 1.807) is 11.3 Å². The summed E-state index contributed by atoms with van der Waals surface area (Å²) in [6.45, 7) is 3.85. The number of rotatable bonds is 7. The number of guanidine groups is 1. The quantitative estimate of drug-likeness (QED) is 0.480. The van der Waals surface area contributed by atoms with Gasteiger partial charge in [0, 0.05) is 38.3 Å². The molecule has 1 N–H and O–H groups in total. The van der Waals surface area contributed by atoms with Crippen LogP contribution < -0.4 is 5.32 Å². The summed E-state index contributed by atoms with van der Waals surface area (Å²) >= 11 is 1.76. The van der Waals surface area contributed by atoms with Crippen molar-refractivity contribution in [3.63, 3.8) is 0 Å². The van der Waals surface area contributed by atoms with E-state index in [2.05, 4.69) is 56.9 Å². The van der Waals surface area contributed by atoms with E-state index in [0.717, 1.165) is 44.0 Å². The van der Waals surface area contributed by atoms with E-state index < -0.39 is 0 Å². The first kappa shape index (κ1) is 17.5. The van der Waals surface area contributed by atoms with Crippen LogP contribution >= 0.6 is 11.3 Å². The molecule has 0 spiro atoms. The Hall–Kier alpha value is -1.88. The van der Waals surface area contributed by atoms with Crippen LogP contribution in [0.5, 0.6) is 0 Å². The molecule has 0 saturated heterocycles. The fourth-order valence-corrected chi connectivity index (χ4v) is 3.25. The van der Waals surface area contributed by atoms with Crippen molar-refractivity contribution in [3.05, 3.63) is 52.0 Å². The van der Waals surface area contributed by atoms with Crippen molar-refractivity contribution in [2.75, 3.05) is 20.6 Å². The van der Waals surface area contributed by atoms with Gasteiger partial charge in [0.1, 0.15) is 0 Å². The Kier molecular flexibility index (Phi) is 7.07. The lowest BCUT2D eigenvalue weighted by Crippen LogP contribution is -2.38. The molecule has 4 nitrogen and oxygen atoms in total. The van der Waals surface area contributed by atoms with Crippen molar-refractivity contribution in [2.24, 2.45) is 4.99 Å². The Balaban J connectivity index is 1.68. The Morgan fingerprint density at radius 2 is 2.04 bits per heavy atom.